The van der Waals surface area contributed by atoms with E-state index in [0.717, 1.165) is 31.4 Å². The van der Waals surface area contributed by atoms with Gasteiger partial charge in [0.15, 0.2) is 0 Å². The molecule has 0 unspecified atom stereocenters. The van der Waals surface area contributed by atoms with E-state index >= 15 is 0 Å². The van der Waals surface area contributed by atoms with E-state index in [1.165, 1.54) is 16.4 Å². The van der Waals surface area contributed by atoms with E-state index in [4.69, 9.17) is 5.73 Å². The van der Waals surface area contributed by atoms with Gasteiger partial charge in [0.2, 0.25) is 5.91 Å². The molecule has 19 heavy (non-hydrogen) atoms. The predicted molar refractivity (Wildman–Crippen MR) is 87.0 cm³/mol. The van der Waals surface area contributed by atoms with Gasteiger partial charge in [-0.3, -0.25) is 4.79 Å². The molecule has 0 aliphatic heterocycles. The van der Waals surface area contributed by atoms with Gasteiger partial charge in [0, 0.05) is 15.8 Å². The van der Waals surface area contributed by atoms with Crippen LogP contribution in [0, 0.1) is 8.99 Å². The predicted octanol–water partition coefficient (Wildman–Crippen LogP) is 3.53. The molecule has 1 aliphatic carbocycles. The molecule has 1 aromatic carbocycles. The molecular formula is C15H21IN2O. The summed E-state index contributed by atoms with van der Waals surface area (Å²) in [6.07, 6.45) is 6.49. The highest BCUT2D eigenvalue weighted by atomic mass is 127. The van der Waals surface area contributed by atoms with E-state index in [-0.39, 0.29) is 11.3 Å². The Labute approximate surface area is 128 Å². The van der Waals surface area contributed by atoms with Crippen LogP contribution in [0.25, 0.3) is 0 Å². The Morgan fingerprint density at radius 1 is 1.16 bits per heavy atom. The highest BCUT2D eigenvalue weighted by molar-refractivity contribution is 14.1. The second kappa shape index (κ2) is 6.70. The number of hydrogen-bond acceptors (Lipinski definition) is 2. The molecule has 1 fully saturated rings. The van der Waals surface area contributed by atoms with Gasteiger partial charge in [-0.15, -0.1) is 0 Å². The van der Waals surface area contributed by atoms with Gasteiger partial charge in [-0.25, -0.2) is 0 Å². The minimum Gasteiger partial charge on any atom is -0.329 e. The maximum atomic E-state index is 12.6. The molecule has 2 rings (SSSR count). The van der Waals surface area contributed by atoms with Crippen molar-refractivity contribution in [2.75, 3.05) is 11.9 Å². The third-order valence-electron chi connectivity index (χ3n) is 4.04. The van der Waals surface area contributed by atoms with Crippen LogP contribution in [-0.2, 0) is 4.79 Å². The van der Waals surface area contributed by atoms with Gasteiger partial charge in [0.25, 0.3) is 0 Å². The lowest BCUT2D eigenvalue weighted by Gasteiger charge is -2.29. The lowest BCUT2D eigenvalue weighted by atomic mass is 9.79. The monoisotopic (exact) mass is 372 g/mol. The first-order chi connectivity index (χ1) is 9.16. The Morgan fingerprint density at radius 3 is 2.26 bits per heavy atom. The molecule has 3 nitrogen and oxygen atoms in total. The average Bonchev–Trinajstić information content (AvgIpc) is 2.67. The minimum atomic E-state index is -0.362. The molecule has 3 N–H and O–H groups in total. The summed E-state index contributed by atoms with van der Waals surface area (Å²) in [7, 11) is 0. The van der Waals surface area contributed by atoms with E-state index in [2.05, 4.69) is 27.9 Å². The summed E-state index contributed by atoms with van der Waals surface area (Å²) in [5, 5.41) is 3.04. The zero-order chi connectivity index (χ0) is 13.7. The van der Waals surface area contributed by atoms with Crippen LogP contribution in [0.15, 0.2) is 24.3 Å². The van der Waals surface area contributed by atoms with Crippen LogP contribution in [0.3, 0.4) is 0 Å². The molecule has 0 heterocycles. The lowest BCUT2D eigenvalue weighted by molar-refractivity contribution is -0.125. The Bertz CT molecular complexity index is 422. The van der Waals surface area contributed by atoms with Gasteiger partial charge in [0.1, 0.15) is 0 Å². The first-order valence-corrected chi connectivity index (χ1v) is 8.01. The van der Waals surface area contributed by atoms with E-state index in [1.807, 2.05) is 24.3 Å². The Hall–Kier alpha value is -0.620. The Kier molecular flexibility index (Phi) is 5.21. The van der Waals surface area contributed by atoms with Crippen molar-refractivity contribution in [3.8, 4) is 0 Å². The Morgan fingerprint density at radius 2 is 1.74 bits per heavy atom. The third-order valence-corrected chi connectivity index (χ3v) is 4.75. The topological polar surface area (TPSA) is 55.1 Å². The fraction of sp³-hybridized carbons (Fsp3) is 0.533. The summed E-state index contributed by atoms with van der Waals surface area (Å²) in [5.74, 6) is 0.0955. The summed E-state index contributed by atoms with van der Waals surface area (Å²) < 4.78 is 1.17. The third kappa shape index (κ3) is 3.69. The number of hydrogen-bond donors (Lipinski definition) is 2. The maximum Gasteiger partial charge on any atom is 0.231 e. The lowest BCUT2D eigenvalue weighted by Crippen LogP contribution is -2.42. The highest BCUT2D eigenvalue weighted by Gasteiger charge is 2.37. The van der Waals surface area contributed by atoms with Gasteiger partial charge in [-0.2, -0.15) is 0 Å². The molecule has 0 saturated heterocycles. The molecule has 0 atom stereocenters. The molecular weight excluding hydrogens is 351 g/mol. The SMILES string of the molecule is NCC1(C(=O)Nc2ccc(I)cc2)CCCCCC1. The van der Waals surface area contributed by atoms with Crippen LogP contribution >= 0.6 is 22.6 Å². The summed E-state index contributed by atoms with van der Waals surface area (Å²) in [6.45, 7) is 0.448. The zero-order valence-electron chi connectivity index (χ0n) is 11.1. The summed E-state index contributed by atoms with van der Waals surface area (Å²) in [5.41, 5.74) is 6.43. The smallest absolute Gasteiger partial charge is 0.231 e. The molecule has 104 valence electrons. The van der Waals surface area contributed by atoms with Crippen molar-refractivity contribution < 1.29 is 4.79 Å². The number of carbonyl (C=O) groups is 1. The van der Waals surface area contributed by atoms with Crippen molar-refractivity contribution >= 4 is 34.2 Å². The number of nitrogens with one attached hydrogen (secondary N) is 1. The van der Waals surface area contributed by atoms with Crippen molar-refractivity contribution in [2.45, 2.75) is 38.5 Å². The van der Waals surface area contributed by atoms with Gasteiger partial charge in [-0.1, -0.05) is 25.7 Å². The van der Waals surface area contributed by atoms with Crippen molar-refractivity contribution in [1.29, 1.82) is 0 Å². The standard InChI is InChI=1S/C15H21IN2O/c16-12-5-7-13(8-6-12)18-14(19)15(11-17)9-3-1-2-4-10-15/h5-8H,1-4,9-11,17H2,(H,18,19). The van der Waals surface area contributed by atoms with Crippen LogP contribution in [0.5, 0.6) is 0 Å². The quantitative estimate of drug-likeness (QED) is 0.630. The molecule has 0 spiro atoms. The van der Waals surface area contributed by atoms with Gasteiger partial charge >= 0.3 is 0 Å². The zero-order valence-corrected chi connectivity index (χ0v) is 13.3. The first kappa shape index (κ1) is 14.8. The number of nitrogens with two attached hydrogens (primary N) is 1. The van der Waals surface area contributed by atoms with E-state index in [9.17, 15) is 4.79 Å². The number of anilines is 1. The van der Waals surface area contributed by atoms with Crippen LogP contribution in [0.4, 0.5) is 5.69 Å². The first-order valence-electron chi connectivity index (χ1n) is 6.93. The molecule has 0 radical (unpaired) electrons. The molecule has 1 aliphatic rings. The van der Waals surface area contributed by atoms with Crippen LogP contribution < -0.4 is 11.1 Å². The number of halogens is 1. The van der Waals surface area contributed by atoms with Gasteiger partial charge in [-0.05, 0) is 59.7 Å². The highest BCUT2D eigenvalue weighted by Crippen LogP contribution is 2.35. The number of carbonyl (C=O) groups excluding carboxylic acids is 1. The van der Waals surface area contributed by atoms with E-state index in [1.54, 1.807) is 0 Å². The second-order valence-electron chi connectivity index (χ2n) is 5.36. The number of amides is 1. The van der Waals surface area contributed by atoms with Crippen LogP contribution in [-0.4, -0.2) is 12.5 Å². The Balaban J connectivity index is 2.09. The summed E-state index contributed by atoms with van der Waals surface area (Å²) in [4.78, 5) is 12.6. The molecule has 0 bridgehead atoms. The number of rotatable bonds is 3. The van der Waals surface area contributed by atoms with Gasteiger partial charge < -0.3 is 11.1 Å². The average molecular weight is 372 g/mol. The maximum absolute atomic E-state index is 12.6. The summed E-state index contributed by atoms with van der Waals surface area (Å²) >= 11 is 2.26. The minimum absolute atomic E-state index is 0.0955. The normalized spacial score (nSPS) is 18.6. The van der Waals surface area contributed by atoms with Gasteiger partial charge in [0.05, 0.1) is 5.41 Å². The van der Waals surface area contributed by atoms with Crippen LogP contribution in [0.1, 0.15) is 38.5 Å². The summed E-state index contributed by atoms with van der Waals surface area (Å²) in [6, 6.07) is 7.89. The van der Waals surface area contributed by atoms with Crippen molar-refractivity contribution in [2.24, 2.45) is 11.1 Å². The van der Waals surface area contributed by atoms with Crippen molar-refractivity contribution in [3.05, 3.63) is 27.8 Å². The molecule has 0 aromatic heterocycles. The molecule has 1 amide bonds. The molecule has 4 heteroatoms. The molecule has 1 saturated carbocycles. The largest absolute Gasteiger partial charge is 0.329 e. The second-order valence-corrected chi connectivity index (χ2v) is 6.61. The molecule has 1 aromatic rings. The van der Waals surface area contributed by atoms with Crippen LogP contribution in [0.2, 0.25) is 0 Å². The van der Waals surface area contributed by atoms with Crippen molar-refractivity contribution in [1.82, 2.24) is 0 Å². The van der Waals surface area contributed by atoms with E-state index in [0.29, 0.717) is 6.54 Å². The fourth-order valence-electron chi connectivity index (χ4n) is 2.73. The van der Waals surface area contributed by atoms with Crippen molar-refractivity contribution in [3.63, 3.8) is 0 Å². The fourth-order valence-corrected chi connectivity index (χ4v) is 3.09. The van der Waals surface area contributed by atoms with E-state index < -0.39 is 0 Å². The number of benzene rings is 1.